The monoisotopic (exact) mass is 443 g/mol. The quantitative estimate of drug-likeness (QED) is 0.294. The molecule has 0 heterocycles. The smallest absolute Gasteiger partial charge is 0.309 e. The van der Waals surface area contributed by atoms with Gasteiger partial charge in [-0.3, -0.25) is 4.79 Å². The molecule has 0 aromatic heterocycles. The maximum atomic E-state index is 12.8. The summed E-state index contributed by atoms with van der Waals surface area (Å²) in [6.07, 6.45) is 1.01. The number of rotatable bonds is 8. The van der Waals surface area contributed by atoms with Crippen molar-refractivity contribution in [3.05, 3.63) is 29.8 Å². The van der Waals surface area contributed by atoms with Crippen LogP contribution < -0.4 is 0 Å². The predicted molar refractivity (Wildman–Crippen MR) is 121 cm³/mol. The van der Waals surface area contributed by atoms with Crippen LogP contribution in [0.15, 0.2) is 29.2 Å². The molecule has 0 saturated heterocycles. The van der Waals surface area contributed by atoms with E-state index in [2.05, 4.69) is 41.5 Å². The second kappa shape index (κ2) is 9.84. The van der Waals surface area contributed by atoms with E-state index in [1.807, 2.05) is 12.1 Å². The molecule has 0 spiro atoms. The number of nitrogens with zero attached hydrogens (tertiary/aromatic N) is 1. The predicted octanol–water partition coefficient (Wildman–Crippen LogP) is 5.68. The first kappa shape index (κ1) is 26.0. The van der Waals surface area contributed by atoms with E-state index in [1.165, 1.54) is 7.05 Å². The molecule has 0 N–H and O–H groups in total. The highest BCUT2D eigenvalue weighted by atomic mass is 32.3. The fourth-order valence-corrected chi connectivity index (χ4v) is 4.99. The summed E-state index contributed by atoms with van der Waals surface area (Å²) in [6.45, 7) is 16.8. The minimum atomic E-state index is -3.67. The lowest BCUT2D eigenvalue weighted by atomic mass is 9.69. The Labute approximate surface area is 181 Å². The zero-order chi connectivity index (χ0) is 22.6. The second-order valence-electron chi connectivity index (χ2n) is 10.0. The number of sulfonamides is 1. The number of benzene rings is 1. The molecule has 5 nitrogen and oxygen atoms in total. The molecule has 0 amide bonds. The first-order valence-corrected chi connectivity index (χ1v) is 12.3. The van der Waals surface area contributed by atoms with E-state index in [0.29, 0.717) is 5.92 Å². The standard InChI is InChI=1S/C22H37NO4S2/c1-16(2)20(24)27-15-28-23(9)29(25,26)18-12-10-17(11-13-18)19(22(6,7)8)14-21(3,4)5/h10-13,16,19H,14-15H2,1-9H3. The van der Waals surface area contributed by atoms with Gasteiger partial charge in [0.15, 0.2) is 5.94 Å². The molecule has 1 atom stereocenters. The normalized spacial score (nSPS) is 14.3. The van der Waals surface area contributed by atoms with E-state index in [0.717, 1.165) is 27.6 Å². The maximum absolute atomic E-state index is 12.8. The van der Waals surface area contributed by atoms with E-state index in [4.69, 9.17) is 4.74 Å². The third kappa shape index (κ3) is 7.95. The van der Waals surface area contributed by atoms with Crippen molar-refractivity contribution in [3.63, 3.8) is 0 Å². The Morgan fingerprint density at radius 1 is 1.07 bits per heavy atom. The molecule has 1 aromatic rings. The van der Waals surface area contributed by atoms with Gasteiger partial charge in [-0.15, -0.1) is 3.71 Å². The summed E-state index contributed by atoms with van der Waals surface area (Å²) in [4.78, 5) is 11.8. The molecule has 1 rings (SSSR count). The zero-order valence-electron chi connectivity index (χ0n) is 19.3. The number of ether oxygens (including phenoxy) is 1. The lowest BCUT2D eigenvalue weighted by Crippen LogP contribution is -2.24. The number of carbonyl (C=O) groups excluding carboxylic acids is 1. The number of esters is 1. The zero-order valence-corrected chi connectivity index (χ0v) is 20.9. The van der Waals surface area contributed by atoms with Crippen molar-refractivity contribution >= 4 is 27.9 Å². The SMILES string of the molecule is CC(C)C(=O)OCSN(C)S(=O)(=O)c1ccc(C(CC(C)(C)C)C(C)(C)C)cc1. The van der Waals surface area contributed by atoms with Crippen LogP contribution in [0.5, 0.6) is 0 Å². The molecule has 1 aromatic carbocycles. The van der Waals surface area contributed by atoms with Gasteiger partial charge in [-0.2, -0.15) is 0 Å². The van der Waals surface area contributed by atoms with E-state index < -0.39 is 10.0 Å². The van der Waals surface area contributed by atoms with E-state index in [1.54, 1.807) is 26.0 Å². The largest absolute Gasteiger partial charge is 0.453 e. The summed E-state index contributed by atoms with van der Waals surface area (Å²) < 4.78 is 31.8. The van der Waals surface area contributed by atoms with Gasteiger partial charge < -0.3 is 4.74 Å². The van der Waals surface area contributed by atoms with E-state index in [-0.39, 0.29) is 33.6 Å². The van der Waals surface area contributed by atoms with Crippen LogP contribution in [0, 0.1) is 16.7 Å². The number of hydrogen-bond donors (Lipinski definition) is 0. The van der Waals surface area contributed by atoms with Crippen molar-refractivity contribution in [1.29, 1.82) is 0 Å². The van der Waals surface area contributed by atoms with E-state index >= 15 is 0 Å². The van der Waals surface area contributed by atoms with Gasteiger partial charge in [0.05, 0.1) is 10.8 Å². The van der Waals surface area contributed by atoms with Crippen LogP contribution in [0.2, 0.25) is 0 Å². The minimum Gasteiger partial charge on any atom is -0.453 e. The average molecular weight is 444 g/mol. The van der Waals surface area contributed by atoms with Crippen LogP contribution in [-0.4, -0.2) is 31.1 Å². The van der Waals surface area contributed by atoms with Crippen LogP contribution in [0.1, 0.15) is 73.3 Å². The van der Waals surface area contributed by atoms with Crippen LogP contribution in [0.3, 0.4) is 0 Å². The molecule has 29 heavy (non-hydrogen) atoms. The molecule has 1 unspecified atom stereocenters. The summed E-state index contributed by atoms with van der Waals surface area (Å²) >= 11 is 0.949. The molecule has 0 aliphatic rings. The summed E-state index contributed by atoms with van der Waals surface area (Å²) in [6, 6.07) is 7.18. The average Bonchev–Trinajstić information content (AvgIpc) is 2.57. The summed E-state index contributed by atoms with van der Waals surface area (Å²) in [5.41, 5.74) is 1.39. The minimum absolute atomic E-state index is 0.0392. The first-order chi connectivity index (χ1) is 13.1. The molecule has 7 heteroatoms. The van der Waals surface area contributed by atoms with Crippen molar-refractivity contribution in [2.45, 2.75) is 72.6 Å². The molecular formula is C22H37NO4S2. The molecule has 166 valence electrons. The van der Waals surface area contributed by atoms with Crippen molar-refractivity contribution in [3.8, 4) is 0 Å². The highest BCUT2D eigenvalue weighted by molar-refractivity contribution is 8.08. The Kier molecular flexibility index (Phi) is 8.82. The molecule has 0 saturated carbocycles. The van der Waals surface area contributed by atoms with E-state index in [9.17, 15) is 13.2 Å². The Morgan fingerprint density at radius 2 is 1.59 bits per heavy atom. The van der Waals surface area contributed by atoms with Crippen LogP contribution in [-0.2, 0) is 19.6 Å². The summed E-state index contributed by atoms with van der Waals surface area (Å²) in [5, 5.41) is 0. The summed E-state index contributed by atoms with van der Waals surface area (Å²) in [5.74, 6) is -0.307. The number of hydrogen-bond acceptors (Lipinski definition) is 5. The Morgan fingerprint density at radius 3 is 2.00 bits per heavy atom. The van der Waals surface area contributed by atoms with Crippen LogP contribution >= 0.6 is 11.9 Å². The molecule has 0 bridgehead atoms. The third-order valence-corrected chi connectivity index (χ3v) is 7.72. The van der Waals surface area contributed by atoms with Gasteiger partial charge in [0.1, 0.15) is 0 Å². The van der Waals surface area contributed by atoms with Gasteiger partial charge in [0.25, 0.3) is 10.0 Å². The fourth-order valence-electron chi connectivity index (χ4n) is 2.95. The highest BCUT2D eigenvalue weighted by Crippen LogP contribution is 2.43. The Hall–Kier alpha value is -1.05. The maximum Gasteiger partial charge on any atom is 0.309 e. The van der Waals surface area contributed by atoms with Crippen LogP contribution in [0.25, 0.3) is 0 Å². The second-order valence-corrected chi connectivity index (χ2v) is 13.3. The van der Waals surface area contributed by atoms with Gasteiger partial charge in [-0.1, -0.05) is 67.5 Å². The lowest BCUT2D eigenvalue weighted by Gasteiger charge is -2.36. The highest BCUT2D eigenvalue weighted by Gasteiger charge is 2.31. The van der Waals surface area contributed by atoms with Crippen molar-refractivity contribution in [2.24, 2.45) is 16.7 Å². The van der Waals surface area contributed by atoms with Crippen LogP contribution in [0.4, 0.5) is 0 Å². The van der Waals surface area contributed by atoms with Gasteiger partial charge >= 0.3 is 5.97 Å². The molecule has 0 aliphatic carbocycles. The number of carbonyl (C=O) groups is 1. The lowest BCUT2D eigenvalue weighted by molar-refractivity contribution is -0.145. The molecule has 0 fully saturated rings. The summed E-state index contributed by atoms with van der Waals surface area (Å²) in [7, 11) is -2.20. The molecular weight excluding hydrogens is 406 g/mol. The van der Waals surface area contributed by atoms with Gasteiger partial charge in [-0.05, 0) is 52.8 Å². The van der Waals surface area contributed by atoms with Crippen molar-refractivity contribution < 1.29 is 17.9 Å². The first-order valence-electron chi connectivity index (χ1n) is 9.94. The van der Waals surface area contributed by atoms with Crippen molar-refractivity contribution in [2.75, 3.05) is 13.0 Å². The van der Waals surface area contributed by atoms with Gasteiger partial charge in [0, 0.05) is 7.05 Å². The topological polar surface area (TPSA) is 63.7 Å². The fraction of sp³-hybridized carbons (Fsp3) is 0.682. The Bertz CT molecular complexity index is 773. The molecule has 0 aliphatic heterocycles. The Balaban J connectivity index is 2.96. The molecule has 0 radical (unpaired) electrons. The third-order valence-electron chi connectivity index (χ3n) is 4.69. The van der Waals surface area contributed by atoms with Gasteiger partial charge in [-0.25, -0.2) is 8.42 Å². The van der Waals surface area contributed by atoms with Gasteiger partial charge in [0.2, 0.25) is 0 Å². The van der Waals surface area contributed by atoms with Crippen molar-refractivity contribution in [1.82, 2.24) is 3.71 Å².